The summed E-state index contributed by atoms with van der Waals surface area (Å²) in [5, 5.41) is 23.9. The normalized spacial score (nSPS) is 19.3. The number of aliphatic hydroxyl groups excluding tert-OH is 1. The Kier molecular flexibility index (Phi) is 4.32. The largest absolute Gasteiger partial charge is 0.480 e. The lowest BCUT2D eigenvalue weighted by Gasteiger charge is -2.21. The molecule has 6 nitrogen and oxygen atoms in total. The van der Waals surface area contributed by atoms with Crippen LogP contribution in [0.4, 0.5) is 4.39 Å². The lowest BCUT2D eigenvalue weighted by molar-refractivity contribution is -0.153. The Labute approximate surface area is 120 Å². The van der Waals surface area contributed by atoms with Crippen LogP contribution in [0.5, 0.6) is 0 Å². The van der Waals surface area contributed by atoms with E-state index < -0.39 is 29.8 Å². The van der Waals surface area contributed by atoms with Crippen LogP contribution in [0, 0.1) is 5.82 Å². The zero-order valence-corrected chi connectivity index (χ0v) is 11.4. The van der Waals surface area contributed by atoms with Crippen LogP contribution < -0.4 is 0 Å². The van der Waals surface area contributed by atoms with Gasteiger partial charge in [0.05, 0.1) is 0 Å². The van der Waals surface area contributed by atoms with Crippen molar-refractivity contribution in [3.05, 3.63) is 35.6 Å². The summed E-state index contributed by atoms with van der Waals surface area (Å²) < 4.78 is 12.8. The van der Waals surface area contributed by atoms with Gasteiger partial charge >= 0.3 is 5.97 Å². The summed E-state index contributed by atoms with van der Waals surface area (Å²) in [6.07, 6.45) is -0.902. The minimum atomic E-state index is -1.58. The molecule has 21 heavy (non-hydrogen) atoms. The second-order valence-corrected chi connectivity index (χ2v) is 4.71. The molecule has 2 N–H and O–H groups in total. The predicted molar refractivity (Wildman–Crippen MR) is 72.0 cm³/mol. The molecule has 0 saturated carbocycles. The standard InChI is InChI=1S/C14H15FN2O4/c1-2-10-7-11(14(20)21)17(16-10)13(19)12(18)8-3-5-9(15)6-4-8/h3-6,11-12,18H,2,7H2,1H3,(H,20,21)/t11-,12+/m0/s1. The van der Waals surface area contributed by atoms with Crippen molar-refractivity contribution in [1.82, 2.24) is 5.01 Å². The first-order valence-electron chi connectivity index (χ1n) is 6.49. The van der Waals surface area contributed by atoms with Gasteiger partial charge in [-0.05, 0) is 24.1 Å². The molecule has 0 aromatic heterocycles. The Hall–Kier alpha value is -2.28. The summed E-state index contributed by atoms with van der Waals surface area (Å²) in [7, 11) is 0. The highest BCUT2D eigenvalue weighted by Crippen LogP contribution is 2.23. The average molecular weight is 294 g/mol. The first-order valence-corrected chi connectivity index (χ1v) is 6.49. The second kappa shape index (κ2) is 6.01. The van der Waals surface area contributed by atoms with Gasteiger partial charge in [-0.25, -0.2) is 14.2 Å². The molecule has 1 aromatic rings. The number of carbonyl (C=O) groups is 2. The number of aliphatic hydroxyl groups is 1. The van der Waals surface area contributed by atoms with Crippen molar-refractivity contribution >= 4 is 17.6 Å². The van der Waals surface area contributed by atoms with Crippen LogP contribution in [0.25, 0.3) is 0 Å². The maximum atomic E-state index is 12.8. The Morgan fingerprint density at radius 2 is 2.05 bits per heavy atom. The fraction of sp³-hybridized carbons (Fsp3) is 0.357. The van der Waals surface area contributed by atoms with Crippen LogP contribution in [0.15, 0.2) is 29.4 Å². The minimum absolute atomic E-state index is 0.147. The van der Waals surface area contributed by atoms with Crippen molar-refractivity contribution in [2.75, 3.05) is 0 Å². The molecule has 1 aromatic carbocycles. The number of hydrazone groups is 1. The van der Waals surface area contributed by atoms with Crippen molar-refractivity contribution in [2.45, 2.75) is 31.9 Å². The van der Waals surface area contributed by atoms with Gasteiger partial charge in [0, 0.05) is 12.1 Å². The van der Waals surface area contributed by atoms with Crippen molar-refractivity contribution in [3.8, 4) is 0 Å². The molecule has 2 rings (SSSR count). The number of hydrogen-bond acceptors (Lipinski definition) is 4. The molecule has 1 aliphatic heterocycles. The molecule has 2 atom stereocenters. The highest BCUT2D eigenvalue weighted by molar-refractivity contribution is 5.96. The Bertz CT molecular complexity index is 585. The lowest BCUT2D eigenvalue weighted by atomic mass is 10.1. The van der Waals surface area contributed by atoms with E-state index in [-0.39, 0.29) is 12.0 Å². The molecular formula is C14H15FN2O4. The number of aliphatic carboxylic acids is 1. The first kappa shape index (κ1) is 15.1. The van der Waals surface area contributed by atoms with Gasteiger partial charge in [0.25, 0.3) is 5.91 Å². The van der Waals surface area contributed by atoms with E-state index in [0.29, 0.717) is 12.1 Å². The van der Waals surface area contributed by atoms with Gasteiger partial charge in [-0.3, -0.25) is 4.79 Å². The second-order valence-electron chi connectivity index (χ2n) is 4.71. The van der Waals surface area contributed by atoms with Crippen LogP contribution in [0.2, 0.25) is 0 Å². The molecule has 1 amide bonds. The number of benzene rings is 1. The van der Waals surface area contributed by atoms with Crippen LogP contribution in [-0.2, 0) is 9.59 Å². The molecule has 112 valence electrons. The maximum absolute atomic E-state index is 12.8. The molecule has 0 saturated heterocycles. The van der Waals surface area contributed by atoms with Gasteiger partial charge < -0.3 is 10.2 Å². The summed E-state index contributed by atoms with van der Waals surface area (Å²) in [4.78, 5) is 23.4. The zero-order valence-electron chi connectivity index (χ0n) is 11.4. The minimum Gasteiger partial charge on any atom is -0.480 e. The molecule has 0 aliphatic carbocycles. The summed E-state index contributed by atoms with van der Waals surface area (Å²) >= 11 is 0. The molecule has 0 spiro atoms. The van der Waals surface area contributed by atoms with Gasteiger partial charge in [0.1, 0.15) is 5.82 Å². The van der Waals surface area contributed by atoms with E-state index in [2.05, 4.69) is 5.10 Å². The Morgan fingerprint density at radius 3 is 2.57 bits per heavy atom. The van der Waals surface area contributed by atoms with E-state index in [1.807, 2.05) is 6.92 Å². The Morgan fingerprint density at radius 1 is 1.43 bits per heavy atom. The number of rotatable bonds is 4. The summed E-state index contributed by atoms with van der Waals surface area (Å²) in [5.74, 6) is -2.51. The zero-order chi connectivity index (χ0) is 15.6. The number of halogens is 1. The molecule has 0 fully saturated rings. The number of carbonyl (C=O) groups excluding carboxylic acids is 1. The van der Waals surface area contributed by atoms with E-state index >= 15 is 0 Å². The molecule has 7 heteroatoms. The van der Waals surface area contributed by atoms with E-state index in [1.54, 1.807) is 0 Å². The predicted octanol–water partition coefficient (Wildman–Crippen LogP) is 1.31. The molecule has 0 radical (unpaired) electrons. The monoisotopic (exact) mass is 294 g/mol. The summed E-state index contributed by atoms with van der Waals surface area (Å²) in [5.41, 5.74) is 0.771. The van der Waals surface area contributed by atoms with E-state index in [0.717, 1.165) is 17.1 Å². The highest BCUT2D eigenvalue weighted by atomic mass is 19.1. The molecule has 0 bridgehead atoms. The third-order valence-electron chi connectivity index (χ3n) is 3.31. The third-order valence-corrected chi connectivity index (χ3v) is 3.31. The average Bonchev–Trinajstić information content (AvgIpc) is 2.91. The molecular weight excluding hydrogens is 279 g/mol. The highest BCUT2D eigenvalue weighted by Gasteiger charge is 2.38. The van der Waals surface area contributed by atoms with Crippen LogP contribution in [-0.4, -0.2) is 38.9 Å². The van der Waals surface area contributed by atoms with Crippen molar-refractivity contribution < 1.29 is 24.2 Å². The fourth-order valence-electron chi connectivity index (χ4n) is 2.10. The van der Waals surface area contributed by atoms with Gasteiger partial charge in [0.15, 0.2) is 12.1 Å². The van der Waals surface area contributed by atoms with Crippen molar-refractivity contribution in [1.29, 1.82) is 0 Å². The molecule has 0 unspecified atom stereocenters. The van der Waals surface area contributed by atoms with E-state index in [1.165, 1.54) is 12.1 Å². The van der Waals surface area contributed by atoms with Gasteiger partial charge in [-0.2, -0.15) is 5.10 Å². The fourth-order valence-corrected chi connectivity index (χ4v) is 2.10. The van der Waals surface area contributed by atoms with Gasteiger partial charge in [-0.15, -0.1) is 0 Å². The van der Waals surface area contributed by atoms with E-state index in [9.17, 15) is 19.1 Å². The first-order chi connectivity index (χ1) is 9.93. The van der Waals surface area contributed by atoms with Crippen molar-refractivity contribution in [3.63, 3.8) is 0 Å². The lowest BCUT2D eigenvalue weighted by Crippen LogP contribution is -2.41. The number of nitrogens with zero attached hydrogens (tertiary/aromatic N) is 2. The molecule has 1 aliphatic rings. The van der Waals surface area contributed by atoms with E-state index in [4.69, 9.17) is 5.11 Å². The summed E-state index contributed by atoms with van der Waals surface area (Å²) in [6, 6.07) is 3.67. The topological polar surface area (TPSA) is 90.2 Å². The van der Waals surface area contributed by atoms with Gasteiger partial charge in [-0.1, -0.05) is 19.1 Å². The number of amides is 1. The maximum Gasteiger partial charge on any atom is 0.329 e. The SMILES string of the molecule is CCC1=NN(C(=O)[C@H](O)c2ccc(F)cc2)[C@H](C(=O)O)C1. The van der Waals surface area contributed by atoms with Crippen LogP contribution in [0.1, 0.15) is 31.4 Å². The summed E-state index contributed by atoms with van der Waals surface area (Å²) in [6.45, 7) is 1.81. The Balaban J connectivity index is 2.22. The van der Waals surface area contributed by atoms with Crippen LogP contribution >= 0.6 is 0 Å². The quantitative estimate of drug-likeness (QED) is 0.876. The van der Waals surface area contributed by atoms with Gasteiger partial charge in [0.2, 0.25) is 0 Å². The third kappa shape index (κ3) is 3.08. The number of carboxylic acid groups (broad SMARTS) is 1. The molecule has 1 heterocycles. The smallest absolute Gasteiger partial charge is 0.329 e. The van der Waals surface area contributed by atoms with Crippen LogP contribution in [0.3, 0.4) is 0 Å². The number of hydrogen-bond donors (Lipinski definition) is 2. The number of carboxylic acids is 1. The van der Waals surface area contributed by atoms with Crippen molar-refractivity contribution in [2.24, 2.45) is 5.10 Å².